The number of amides is 1. The van der Waals surface area contributed by atoms with Crippen molar-refractivity contribution >= 4 is 29.1 Å². The number of nitrogens with zero attached hydrogens (tertiary/aromatic N) is 1. The average molecular weight is 292 g/mol. The zero-order valence-electron chi connectivity index (χ0n) is 10.8. The SMILES string of the molecule is CC(C)N(C(=O)c1cc(F)c(Cl)cc1Cl)C(C)C. The molecule has 0 bridgehead atoms. The van der Waals surface area contributed by atoms with Gasteiger partial charge in [-0.3, -0.25) is 4.79 Å². The number of hydrogen-bond acceptors (Lipinski definition) is 1. The van der Waals surface area contributed by atoms with Gasteiger partial charge in [-0.25, -0.2) is 4.39 Å². The van der Waals surface area contributed by atoms with Crippen LogP contribution in [0.2, 0.25) is 10.0 Å². The Balaban J connectivity index is 3.21. The molecule has 5 heteroatoms. The summed E-state index contributed by atoms with van der Waals surface area (Å²) in [4.78, 5) is 14.0. The third-order valence-corrected chi connectivity index (χ3v) is 3.19. The first-order valence-corrected chi connectivity index (χ1v) is 6.48. The second-order valence-electron chi connectivity index (χ2n) is 4.65. The summed E-state index contributed by atoms with van der Waals surface area (Å²) in [6.45, 7) is 7.60. The number of hydrogen-bond donors (Lipinski definition) is 0. The molecule has 0 aliphatic carbocycles. The Bertz CT molecular complexity index is 453. The van der Waals surface area contributed by atoms with E-state index in [1.807, 2.05) is 27.7 Å². The molecule has 0 saturated carbocycles. The fourth-order valence-corrected chi connectivity index (χ4v) is 2.35. The molecule has 1 rings (SSSR count). The topological polar surface area (TPSA) is 20.3 Å². The molecule has 1 aromatic rings. The van der Waals surface area contributed by atoms with Gasteiger partial charge >= 0.3 is 0 Å². The molecule has 0 fully saturated rings. The molecule has 0 unspecified atom stereocenters. The monoisotopic (exact) mass is 291 g/mol. The number of benzene rings is 1. The lowest BCUT2D eigenvalue weighted by Crippen LogP contribution is -2.42. The summed E-state index contributed by atoms with van der Waals surface area (Å²) in [6, 6.07) is 2.36. The number of carbonyl (C=O) groups excluding carboxylic acids is 1. The van der Waals surface area contributed by atoms with Crippen LogP contribution in [0.25, 0.3) is 0 Å². The molecule has 0 saturated heterocycles. The smallest absolute Gasteiger partial charge is 0.255 e. The lowest BCUT2D eigenvalue weighted by Gasteiger charge is -2.31. The van der Waals surface area contributed by atoms with Gasteiger partial charge in [0.25, 0.3) is 5.91 Å². The summed E-state index contributed by atoms with van der Waals surface area (Å²) in [7, 11) is 0. The van der Waals surface area contributed by atoms with Crippen molar-refractivity contribution in [1.29, 1.82) is 0 Å². The van der Waals surface area contributed by atoms with Gasteiger partial charge in [0.05, 0.1) is 15.6 Å². The van der Waals surface area contributed by atoms with Gasteiger partial charge in [0.15, 0.2) is 0 Å². The van der Waals surface area contributed by atoms with Crippen molar-refractivity contribution in [2.24, 2.45) is 0 Å². The number of halogens is 3. The Morgan fingerprint density at radius 1 is 1.11 bits per heavy atom. The number of carbonyl (C=O) groups is 1. The maximum absolute atomic E-state index is 13.4. The van der Waals surface area contributed by atoms with Crippen LogP contribution in [0, 0.1) is 5.82 Å². The molecule has 100 valence electrons. The summed E-state index contributed by atoms with van der Waals surface area (Å²) in [5.41, 5.74) is 0.140. The Hall–Kier alpha value is -0.800. The second kappa shape index (κ2) is 5.89. The molecule has 0 aromatic heterocycles. The van der Waals surface area contributed by atoms with E-state index in [1.54, 1.807) is 4.90 Å². The Morgan fingerprint density at radius 3 is 2.06 bits per heavy atom. The van der Waals surface area contributed by atoms with E-state index in [1.165, 1.54) is 6.07 Å². The molecular weight excluding hydrogens is 276 g/mol. The predicted octanol–water partition coefficient (Wildman–Crippen LogP) is 4.39. The largest absolute Gasteiger partial charge is 0.334 e. The summed E-state index contributed by atoms with van der Waals surface area (Å²) < 4.78 is 13.4. The fourth-order valence-electron chi connectivity index (χ4n) is 1.89. The van der Waals surface area contributed by atoms with E-state index in [4.69, 9.17) is 23.2 Å². The standard InChI is InChI=1S/C13H16Cl2FNO/c1-7(2)17(8(3)4)13(18)9-5-12(16)11(15)6-10(9)14/h5-8H,1-4H3. The lowest BCUT2D eigenvalue weighted by atomic mass is 10.1. The van der Waals surface area contributed by atoms with Gasteiger partial charge in [-0.1, -0.05) is 23.2 Å². The molecular formula is C13H16Cl2FNO. The van der Waals surface area contributed by atoms with Crippen molar-refractivity contribution in [1.82, 2.24) is 4.90 Å². The Morgan fingerprint density at radius 2 is 1.61 bits per heavy atom. The van der Waals surface area contributed by atoms with E-state index in [9.17, 15) is 9.18 Å². The quantitative estimate of drug-likeness (QED) is 0.756. The van der Waals surface area contributed by atoms with Crippen molar-refractivity contribution in [3.8, 4) is 0 Å². The van der Waals surface area contributed by atoms with Crippen molar-refractivity contribution in [3.63, 3.8) is 0 Å². The zero-order chi connectivity index (χ0) is 14.0. The van der Waals surface area contributed by atoms with E-state index >= 15 is 0 Å². The molecule has 0 aliphatic rings. The summed E-state index contributed by atoms with van der Waals surface area (Å²) >= 11 is 11.6. The molecule has 0 aliphatic heterocycles. The first-order chi connectivity index (χ1) is 8.25. The Labute approximate surface area is 117 Å². The molecule has 0 heterocycles. The molecule has 18 heavy (non-hydrogen) atoms. The van der Waals surface area contributed by atoms with Crippen LogP contribution in [0.5, 0.6) is 0 Å². The minimum Gasteiger partial charge on any atom is -0.334 e. The predicted molar refractivity (Wildman–Crippen MR) is 72.9 cm³/mol. The molecule has 0 N–H and O–H groups in total. The van der Waals surface area contributed by atoms with E-state index in [0.29, 0.717) is 0 Å². The minimum atomic E-state index is -0.642. The van der Waals surface area contributed by atoms with Crippen molar-refractivity contribution in [2.45, 2.75) is 39.8 Å². The van der Waals surface area contributed by atoms with Gasteiger partial charge in [-0.2, -0.15) is 0 Å². The van der Waals surface area contributed by atoms with Crippen molar-refractivity contribution in [3.05, 3.63) is 33.6 Å². The maximum Gasteiger partial charge on any atom is 0.255 e. The summed E-state index contributed by atoms with van der Waals surface area (Å²) in [6.07, 6.45) is 0. The highest BCUT2D eigenvalue weighted by molar-refractivity contribution is 6.36. The molecule has 1 aromatic carbocycles. The van der Waals surface area contributed by atoms with Crippen LogP contribution in [-0.2, 0) is 0 Å². The van der Waals surface area contributed by atoms with Gasteiger partial charge in [0.2, 0.25) is 0 Å². The summed E-state index contributed by atoms with van der Waals surface area (Å²) in [5, 5.41) is 0.0786. The molecule has 2 nitrogen and oxygen atoms in total. The maximum atomic E-state index is 13.4. The van der Waals surface area contributed by atoms with Crippen LogP contribution >= 0.6 is 23.2 Å². The number of rotatable bonds is 3. The van der Waals surface area contributed by atoms with E-state index in [-0.39, 0.29) is 33.6 Å². The van der Waals surface area contributed by atoms with Crippen LogP contribution in [0.1, 0.15) is 38.1 Å². The van der Waals surface area contributed by atoms with Crippen LogP contribution < -0.4 is 0 Å². The molecule has 0 atom stereocenters. The normalized spacial score (nSPS) is 11.2. The van der Waals surface area contributed by atoms with Crippen molar-refractivity contribution in [2.75, 3.05) is 0 Å². The van der Waals surface area contributed by atoms with Crippen LogP contribution in [0.4, 0.5) is 4.39 Å². The first kappa shape index (κ1) is 15.3. The van der Waals surface area contributed by atoms with Gasteiger partial charge in [0, 0.05) is 12.1 Å². The van der Waals surface area contributed by atoms with Gasteiger partial charge < -0.3 is 4.90 Å². The second-order valence-corrected chi connectivity index (χ2v) is 5.46. The van der Waals surface area contributed by atoms with E-state index < -0.39 is 5.82 Å². The van der Waals surface area contributed by atoms with Gasteiger partial charge in [0.1, 0.15) is 5.82 Å². The lowest BCUT2D eigenvalue weighted by molar-refractivity contribution is 0.0643. The first-order valence-electron chi connectivity index (χ1n) is 5.73. The minimum absolute atomic E-state index is 0.00676. The van der Waals surface area contributed by atoms with Crippen LogP contribution in [-0.4, -0.2) is 22.9 Å². The van der Waals surface area contributed by atoms with Crippen LogP contribution in [0.15, 0.2) is 12.1 Å². The van der Waals surface area contributed by atoms with E-state index in [0.717, 1.165) is 6.07 Å². The molecule has 0 radical (unpaired) electrons. The zero-order valence-corrected chi connectivity index (χ0v) is 12.3. The van der Waals surface area contributed by atoms with E-state index in [2.05, 4.69) is 0 Å². The van der Waals surface area contributed by atoms with Crippen molar-refractivity contribution < 1.29 is 9.18 Å². The third-order valence-electron chi connectivity index (χ3n) is 2.59. The van der Waals surface area contributed by atoms with Crippen LogP contribution in [0.3, 0.4) is 0 Å². The molecule has 1 amide bonds. The highest BCUT2D eigenvalue weighted by Gasteiger charge is 2.24. The van der Waals surface area contributed by atoms with Gasteiger partial charge in [-0.05, 0) is 39.8 Å². The molecule has 0 spiro atoms. The van der Waals surface area contributed by atoms with Gasteiger partial charge in [-0.15, -0.1) is 0 Å². The Kier molecular flexibility index (Phi) is 5.00. The fraction of sp³-hybridized carbons (Fsp3) is 0.462. The third kappa shape index (κ3) is 3.15. The highest BCUT2D eigenvalue weighted by Crippen LogP contribution is 2.26. The average Bonchev–Trinajstić information content (AvgIpc) is 2.22. The highest BCUT2D eigenvalue weighted by atomic mass is 35.5. The summed E-state index contributed by atoms with van der Waals surface area (Å²) in [5.74, 6) is -0.933.